The van der Waals surface area contributed by atoms with E-state index in [4.69, 9.17) is 0 Å². The first-order valence-corrected chi connectivity index (χ1v) is 10.00. The average molecular weight is 384 g/mol. The van der Waals surface area contributed by atoms with Crippen LogP contribution in [-0.2, 0) is 22.7 Å². The van der Waals surface area contributed by atoms with Crippen molar-refractivity contribution >= 4 is 17.7 Å². The zero-order chi connectivity index (χ0) is 20.1. The second kappa shape index (κ2) is 6.97. The normalized spacial score (nSPS) is 27.7. The maximum Gasteiger partial charge on any atom is 0.255 e. The molecule has 7 nitrogen and oxygen atoms in total. The number of amides is 3. The molecule has 2 N–H and O–H groups in total. The van der Waals surface area contributed by atoms with Crippen LogP contribution in [0.2, 0.25) is 0 Å². The molecule has 2 fully saturated rings. The highest BCUT2D eigenvalue weighted by Crippen LogP contribution is 2.32. The summed E-state index contributed by atoms with van der Waals surface area (Å²) in [6.45, 7) is 9.56. The number of fused-ring (bicyclic) bond motifs is 1. The van der Waals surface area contributed by atoms with Gasteiger partial charge < -0.3 is 10.2 Å². The standard InChI is InChI=1S/C21H28N4O3/c1-13-9-24(21(2,3)12-22-13)10-14-5-4-6-15-11-25(20(28)18(14)15)16-7-8-17(26)23-19(16)27/h4-6,13,16,22H,7-12H2,1-3H3,(H,23,26,27). The Balaban J connectivity index is 1.58. The van der Waals surface area contributed by atoms with Crippen molar-refractivity contribution in [1.82, 2.24) is 20.4 Å². The van der Waals surface area contributed by atoms with Crippen LogP contribution in [0, 0.1) is 0 Å². The van der Waals surface area contributed by atoms with E-state index >= 15 is 0 Å². The molecule has 0 aromatic heterocycles. The Hall–Kier alpha value is -2.25. The number of carbonyl (C=O) groups excluding carboxylic acids is 3. The molecular weight excluding hydrogens is 356 g/mol. The van der Waals surface area contributed by atoms with Gasteiger partial charge in [-0.25, -0.2) is 0 Å². The van der Waals surface area contributed by atoms with Gasteiger partial charge in [0.2, 0.25) is 11.8 Å². The number of imide groups is 1. The van der Waals surface area contributed by atoms with Gasteiger partial charge in [-0.15, -0.1) is 0 Å². The smallest absolute Gasteiger partial charge is 0.255 e. The minimum Gasteiger partial charge on any atom is -0.322 e. The highest BCUT2D eigenvalue weighted by Gasteiger charge is 2.41. The number of piperazine rings is 1. The Bertz CT molecular complexity index is 835. The van der Waals surface area contributed by atoms with Crippen molar-refractivity contribution in [2.24, 2.45) is 0 Å². The van der Waals surface area contributed by atoms with Gasteiger partial charge in [-0.2, -0.15) is 0 Å². The Morgan fingerprint density at radius 3 is 2.75 bits per heavy atom. The number of rotatable bonds is 3. The molecular formula is C21H28N4O3. The molecule has 2 atom stereocenters. The minimum atomic E-state index is -0.568. The number of nitrogens with one attached hydrogen (secondary N) is 2. The van der Waals surface area contributed by atoms with Gasteiger partial charge >= 0.3 is 0 Å². The quantitative estimate of drug-likeness (QED) is 0.761. The van der Waals surface area contributed by atoms with Crippen molar-refractivity contribution in [2.45, 2.75) is 64.3 Å². The van der Waals surface area contributed by atoms with Crippen molar-refractivity contribution in [2.75, 3.05) is 13.1 Å². The predicted molar refractivity (Wildman–Crippen MR) is 104 cm³/mol. The topological polar surface area (TPSA) is 81.8 Å². The van der Waals surface area contributed by atoms with E-state index in [1.807, 2.05) is 18.2 Å². The number of piperidine rings is 1. The van der Waals surface area contributed by atoms with Crippen LogP contribution in [-0.4, -0.2) is 58.2 Å². The summed E-state index contributed by atoms with van der Waals surface area (Å²) in [7, 11) is 0. The van der Waals surface area contributed by atoms with Crippen LogP contribution in [0.3, 0.4) is 0 Å². The summed E-state index contributed by atoms with van der Waals surface area (Å²) in [5.74, 6) is -0.724. The van der Waals surface area contributed by atoms with Gasteiger partial charge in [0.05, 0.1) is 0 Å². The third-order valence-electron chi connectivity index (χ3n) is 6.23. The fourth-order valence-corrected chi connectivity index (χ4v) is 4.48. The largest absolute Gasteiger partial charge is 0.322 e. The first-order valence-electron chi connectivity index (χ1n) is 10.00. The number of nitrogens with zero attached hydrogens (tertiary/aromatic N) is 2. The van der Waals surface area contributed by atoms with Crippen molar-refractivity contribution in [3.63, 3.8) is 0 Å². The lowest BCUT2D eigenvalue weighted by atomic mass is 9.95. The zero-order valence-corrected chi connectivity index (χ0v) is 16.7. The molecule has 3 amide bonds. The summed E-state index contributed by atoms with van der Waals surface area (Å²) in [4.78, 5) is 41.0. The number of benzene rings is 1. The molecule has 0 aliphatic carbocycles. The lowest BCUT2D eigenvalue weighted by molar-refractivity contribution is -0.136. The van der Waals surface area contributed by atoms with Gasteiger partial charge in [-0.1, -0.05) is 18.2 Å². The highest BCUT2D eigenvalue weighted by atomic mass is 16.2. The molecule has 7 heteroatoms. The second-order valence-electron chi connectivity index (χ2n) is 8.83. The fraction of sp³-hybridized carbons (Fsp3) is 0.571. The van der Waals surface area contributed by atoms with Crippen molar-refractivity contribution in [1.29, 1.82) is 0 Å². The van der Waals surface area contributed by atoms with Crippen LogP contribution < -0.4 is 10.6 Å². The van der Waals surface area contributed by atoms with Gasteiger partial charge in [0.1, 0.15) is 6.04 Å². The molecule has 3 heterocycles. The Morgan fingerprint density at radius 2 is 2.00 bits per heavy atom. The first kappa shape index (κ1) is 19.1. The third kappa shape index (κ3) is 3.33. The molecule has 150 valence electrons. The lowest BCUT2D eigenvalue weighted by Gasteiger charge is -2.45. The van der Waals surface area contributed by atoms with E-state index in [2.05, 4.69) is 36.3 Å². The van der Waals surface area contributed by atoms with E-state index in [1.165, 1.54) is 0 Å². The maximum atomic E-state index is 13.2. The molecule has 2 saturated heterocycles. The van der Waals surface area contributed by atoms with Crippen molar-refractivity contribution < 1.29 is 14.4 Å². The third-order valence-corrected chi connectivity index (χ3v) is 6.23. The first-order chi connectivity index (χ1) is 13.3. The summed E-state index contributed by atoms with van der Waals surface area (Å²) in [5.41, 5.74) is 2.71. The number of hydrogen-bond donors (Lipinski definition) is 2. The van der Waals surface area contributed by atoms with Crippen molar-refractivity contribution in [3.8, 4) is 0 Å². The summed E-state index contributed by atoms with van der Waals surface area (Å²) < 4.78 is 0. The molecule has 4 rings (SSSR count). The molecule has 0 bridgehead atoms. The Kier molecular flexibility index (Phi) is 4.75. The van der Waals surface area contributed by atoms with Crippen LogP contribution in [0.25, 0.3) is 0 Å². The Morgan fingerprint density at radius 1 is 1.21 bits per heavy atom. The SMILES string of the molecule is CC1CN(Cc2cccc3c2C(=O)N(C2CCC(=O)NC2=O)C3)C(C)(C)CN1. The molecule has 0 spiro atoms. The van der Waals surface area contributed by atoms with Crippen LogP contribution in [0.1, 0.15) is 55.1 Å². The van der Waals surface area contributed by atoms with Crippen LogP contribution in [0.5, 0.6) is 0 Å². The van der Waals surface area contributed by atoms with Gasteiger partial charge in [-0.05, 0) is 38.3 Å². The molecule has 2 unspecified atom stereocenters. The zero-order valence-electron chi connectivity index (χ0n) is 16.7. The minimum absolute atomic E-state index is 0.000190. The van der Waals surface area contributed by atoms with E-state index in [1.54, 1.807) is 4.90 Å². The molecule has 0 radical (unpaired) electrons. The molecule has 0 saturated carbocycles. The summed E-state index contributed by atoms with van der Waals surface area (Å²) in [6, 6.07) is 5.82. The molecule has 28 heavy (non-hydrogen) atoms. The van der Waals surface area contributed by atoms with Crippen LogP contribution >= 0.6 is 0 Å². The van der Waals surface area contributed by atoms with Crippen LogP contribution in [0.4, 0.5) is 0 Å². The predicted octanol–water partition coefficient (Wildman–Crippen LogP) is 1.02. The van der Waals surface area contributed by atoms with E-state index < -0.39 is 6.04 Å². The molecule has 1 aromatic rings. The van der Waals surface area contributed by atoms with Gasteiger partial charge in [-0.3, -0.25) is 24.6 Å². The Labute approximate surface area is 165 Å². The fourth-order valence-electron chi connectivity index (χ4n) is 4.48. The van der Waals surface area contributed by atoms with Crippen LogP contribution in [0.15, 0.2) is 18.2 Å². The van der Waals surface area contributed by atoms with Crippen molar-refractivity contribution in [3.05, 3.63) is 34.9 Å². The van der Waals surface area contributed by atoms with E-state index in [9.17, 15) is 14.4 Å². The van der Waals surface area contributed by atoms with Gasteiger partial charge in [0.15, 0.2) is 0 Å². The van der Waals surface area contributed by atoms with E-state index in [0.717, 1.165) is 29.8 Å². The monoisotopic (exact) mass is 384 g/mol. The number of carbonyl (C=O) groups is 3. The second-order valence-corrected chi connectivity index (χ2v) is 8.83. The number of hydrogen-bond acceptors (Lipinski definition) is 5. The lowest BCUT2D eigenvalue weighted by Crippen LogP contribution is -2.60. The van der Waals surface area contributed by atoms with Gasteiger partial charge in [0.25, 0.3) is 5.91 Å². The summed E-state index contributed by atoms with van der Waals surface area (Å²) >= 11 is 0. The summed E-state index contributed by atoms with van der Waals surface area (Å²) in [5, 5.41) is 5.88. The average Bonchev–Trinajstić information content (AvgIpc) is 2.96. The highest BCUT2D eigenvalue weighted by molar-refractivity contribution is 6.05. The summed E-state index contributed by atoms with van der Waals surface area (Å²) in [6.07, 6.45) is 0.665. The van der Waals surface area contributed by atoms with Gasteiger partial charge in [0, 0.05) is 49.7 Å². The maximum absolute atomic E-state index is 13.2. The molecule has 3 aliphatic heterocycles. The van der Waals surface area contributed by atoms with E-state index in [-0.39, 0.29) is 29.7 Å². The van der Waals surface area contributed by atoms with E-state index in [0.29, 0.717) is 25.6 Å². The molecule has 3 aliphatic rings. The molecule has 1 aromatic carbocycles.